The van der Waals surface area contributed by atoms with Gasteiger partial charge in [-0.25, -0.2) is 4.39 Å². The molecule has 1 atom stereocenters. The SMILES string of the molecule is C[C@](O)(CN1CCc2cc(Cl)c(F)cc21)C(=O)Nc1ccc(C#N)c(C(F)(F)F)c1. The zero-order valence-electron chi connectivity index (χ0n) is 15.6. The van der Waals surface area contributed by atoms with Crippen LogP contribution in [0.1, 0.15) is 23.6 Å². The van der Waals surface area contributed by atoms with Crippen molar-refractivity contribution in [2.45, 2.75) is 25.1 Å². The highest BCUT2D eigenvalue weighted by Crippen LogP contribution is 2.35. The Balaban J connectivity index is 1.78. The summed E-state index contributed by atoms with van der Waals surface area (Å²) >= 11 is 5.77. The number of nitrogens with zero attached hydrogens (tertiary/aromatic N) is 2. The highest BCUT2D eigenvalue weighted by molar-refractivity contribution is 6.30. The van der Waals surface area contributed by atoms with Gasteiger partial charge in [-0.15, -0.1) is 0 Å². The lowest BCUT2D eigenvalue weighted by atomic mass is 10.0. The van der Waals surface area contributed by atoms with Gasteiger partial charge in [-0.2, -0.15) is 18.4 Å². The third-order valence-electron chi connectivity index (χ3n) is 4.80. The van der Waals surface area contributed by atoms with E-state index in [1.54, 1.807) is 4.90 Å². The monoisotopic (exact) mass is 441 g/mol. The molecule has 3 rings (SSSR count). The van der Waals surface area contributed by atoms with Crippen molar-refractivity contribution < 1.29 is 27.5 Å². The number of rotatable bonds is 4. The second-order valence-corrected chi connectivity index (χ2v) is 7.57. The lowest BCUT2D eigenvalue weighted by Crippen LogP contribution is -2.49. The minimum Gasteiger partial charge on any atom is -0.378 e. The summed E-state index contributed by atoms with van der Waals surface area (Å²) in [6, 6.07) is 6.87. The largest absolute Gasteiger partial charge is 0.417 e. The predicted molar refractivity (Wildman–Crippen MR) is 103 cm³/mol. The minimum atomic E-state index is -4.78. The number of hydrogen-bond acceptors (Lipinski definition) is 4. The van der Waals surface area contributed by atoms with Crippen molar-refractivity contribution in [3.63, 3.8) is 0 Å². The molecule has 0 saturated carbocycles. The number of hydrogen-bond donors (Lipinski definition) is 2. The van der Waals surface area contributed by atoms with Gasteiger partial charge in [0.15, 0.2) is 5.60 Å². The van der Waals surface area contributed by atoms with Crippen LogP contribution in [-0.2, 0) is 17.4 Å². The Bertz CT molecular complexity index is 1050. The van der Waals surface area contributed by atoms with E-state index in [-0.39, 0.29) is 17.3 Å². The van der Waals surface area contributed by atoms with E-state index in [4.69, 9.17) is 16.9 Å². The quantitative estimate of drug-likeness (QED) is 0.700. The molecule has 1 aliphatic rings. The van der Waals surface area contributed by atoms with Crippen LogP contribution in [0.3, 0.4) is 0 Å². The summed E-state index contributed by atoms with van der Waals surface area (Å²) in [5.74, 6) is -1.58. The van der Waals surface area contributed by atoms with Crippen molar-refractivity contribution in [3.8, 4) is 6.07 Å². The summed E-state index contributed by atoms with van der Waals surface area (Å²) in [6.07, 6.45) is -4.24. The van der Waals surface area contributed by atoms with Crippen LogP contribution in [0.4, 0.5) is 28.9 Å². The van der Waals surface area contributed by atoms with Crippen molar-refractivity contribution in [3.05, 3.63) is 57.9 Å². The molecule has 0 spiro atoms. The molecule has 0 aromatic heterocycles. The number of alkyl halides is 3. The molecule has 2 aromatic carbocycles. The Labute approximate surface area is 174 Å². The van der Waals surface area contributed by atoms with Crippen LogP contribution in [0.5, 0.6) is 0 Å². The number of nitrogens with one attached hydrogen (secondary N) is 1. The number of carbonyl (C=O) groups excluding carboxylic acids is 1. The number of benzene rings is 2. The predicted octanol–water partition coefficient (Wildman–Crippen LogP) is 4.12. The molecule has 0 aliphatic carbocycles. The molecule has 30 heavy (non-hydrogen) atoms. The molecule has 0 saturated heterocycles. The fourth-order valence-corrected chi connectivity index (χ4v) is 3.46. The van der Waals surface area contributed by atoms with E-state index in [0.717, 1.165) is 17.7 Å². The standard InChI is InChI=1S/C20H16ClF4N3O2/c1-19(30,10-28-5-4-11-6-15(21)16(22)8-17(11)28)18(29)27-13-3-2-12(9-26)14(7-13)20(23,24)25/h2-3,6-8,30H,4-5,10H2,1H3,(H,27,29)/t19-/m0/s1. The van der Waals surface area contributed by atoms with Gasteiger partial charge in [-0.05, 0) is 49.2 Å². The van der Waals surface area contributed by atoms with E-state index in [2.05, 4.69) is 5.32 Å². The molecule has 1 heterocycles. The summed E-state index contributed by atoms with van der Waals surface area (Å²) in [5.41, 5.74) is -2.73. The van der Waals surface area contributed by atoms with E-state index < -0.39 is 34.6 Å². The van der Waals surface area contributed by atoms with E-state index in [0.29, 0.717) is 24.7 Å². The number of β-amino-alcohol motifs (C(OH)–C–C–N with tert-alkyl or cyclic N) is 1. The Kier molecular flexibility index (Phi) is 5.67. The maximum Gasteiger partial charge on any atom is 0.417 e. The van der Waals surface area contributed by atoms with E-state index in [1.807, 2.05) is 0 Å². The fraction of sp³-hybridized carbons (Fsp3) is 0.300. The topological polar surface area (TPSA) is 76.4 Å². The van der Waals surface area contributed by atoms with Crippen LogP contribution in [0.15, 0.2) is 30.3 Å². The van der Waals surface area contributed by atoms with Gasteiger partial charge in [0.1, 0.15) is 5.82 Å². The molecule has 10 heteroatoms. The summed E-state index contributed by atoms with van der Waals surface area (Å²) < 4.78 is 53.1. The summed E-state index contributed by atoms with van der Waals surface area (Å²) in [4.78, 5) is 14.1. The molecule has 1 amide bonds. The zero-order valence-corrected chi connectivity index (χ0v) is 16.4. The first-order valence-electron chi connectivity index (χ1n) is 8.80. The van der Waals surface area contributed by atoms with Gasteiger partial charge in [0, 0.05) is 17.9 Å². The van der Waals surface area contributed by atoms with E-state index in [9.17, 15) is 27.5 Å². The lowest BCUT2D eigenvalue weighted by molar-refractivity contribution is -0.138. The normalized spacial score (nSPS) is 15.3. The van der Waals surface area contributed by atoms with Crippen LogP contribution in [0.2, 0.25) is 5.02 Å². The molecule has 2 N–H and O–H groups in total. The van der Waals surface area contributed by atoms with Crippen LogP contribution in [-0.4, -0.2) is 29.7 Å². The van der Waals surface area contributed by atoms with E-state index in [1.165, 1.54) is 25.1 Å². The van der Waals surface area contributed by atoms with Crippen LogP contribution in [0.25, 0.3) is 0 Å². The van der Waals surface area contributed by atoms with Gasteiger partial charge >= 0.3 is 6.18 Å². The van der Waals surface area contributed by atoms with Crippen LogP contribution < -0.4 is 10.2 Å². The second-order valence-electron chi connectivity index (χ2n) is 7.16. The van der Waals surface area contributed by atoms with Crippen molar-refractivity contribution >= 4 is 28.9 Å². The van der Waals surface area contributed by atoms with Gasteiger partial charge < -0.3 is 15.3 Å². The van der Waals surface area contributed by atoms with Gasteiger partial charge in [0.2, 0.25) is 0 Å². The average Bonchev–Trinajstić information content (AvgIpc) is 3.02. The molecule has 5 nitrogen and oxygen atoms in total. The molecule has 0 bridgehead atoms. The number of halogens is 5. The number of fused-ring (bicyclic) bond motifs is 1. The second kappa shape index (κ2) is 7.78. The summed E-state index contributed by atoms with van der Waals surface area (Å²) in [5, 5.41) is 21.7. The van der Waals surface area contributed by atoms with Gasteiger partial charge in [0.25, 0.3) is 5.91 Å². The third kappa shape index (κ3) is 4.35. The highest BCUT2D eigenvalue weighted by Gasteiger charge is 2.37. The molecule has 158 valence electrons. The molecule has 0 fully saturated rings. The number of carbonyl (C=O) groups is 1. The maximum atomic E-state index is 13.8. The molecular weight excluding hydrogens is 426 g/mol. The van der Waals surface area contributed by atoms with Gasteiger partial charge in [-0.1, -0.05) is 11.6 Å². The fourth-order valence-electron chi connectivity index (χ4n) is 3.28. The van der Waals surface area contributed by atoms with Crippen LogP contribution >= 0.6 is 11.6 Å². The smallest absolute Gasteiger partial charge is 0.378 e. The van der Waals surface area contributed by atoms with Crippen molar-refractivity contribution in [1.82, 2.24) is 0 Å². The van der Waals surface area contributed by atoms with Crippen molar-refractivity contribution in [1.29, 1.82) is 5.26 Å². The number of anilines is 2. The average molecular weight is 442 g/mol. The molecule has 1 aliphatic heterocycles. The van der Waals surface area contributed by atoms with Crippen molar-refractivity contribution in [2.75, 3.05) is 23.3 Å². The number of amides is 1. The molecule has 2 aromatic rings. The molecule has 0 radical (unpaired) electrons. The zero-order chi connectivity index (χ0) is 22.3. The first-order valence-corrected chi connectivity index (χ1v) is 9.18. The Morgan fingerprint density at radius 2 is 2.03 bits per heavy atom. The first kappa shape index (κ1) is 21.9. The number of aliphatic hydroxyl groups is 1. The molecule has 0 unspecified atom stereocenters. The van der Waals surface area contributed by atoms with Crippen molar-refractivity contribution in [2.24, 2.45) is 0 Å². The highest BCUT2D eigenvalue weighted by atomic mass is 35.5. The Morgan fingerprint density at radius 3 is 2.67 bits per heavy atom. The van der Waals surface area contributed by atoms with E-state index >= 15 is 0 Å². The summed E-state index contributed by atoms with van der Waals surface area (Å²) in [7, 11) is 0. The maximum absolute atomic E-state index is 13.8. The lowest BCUT2D eigenvalue weighted by Gasteiger charge is -2.29. The third-order valence-corrected chi connectivity index (χ3v) is 5.09. The molecular formula is C20H16ClF4N3O2. The number of nitriles is 1. The van der Waals surface area contributed by atoms with Crippen LogP contribution in [0, 0.1) is 17.1 Å². The van der Waals surface area contributed by atoms with Gasteiger partial charge in [-0.3, -0.25) is 4.79 Å². The van der Waals surface area contributed by atoms with Gasteiger partial charge in [0.05, 0.1) is 28.8 Å². The summed E-state index contributed by atoms with van der Waals surface area (Å²) in [6.45, 7) is 1.41. The minimum absolute atomic E-state index is 0.0265. The first-order chi connectivity index (χ1) is 13.9. The Morgan fingerprint density at radius 1 is 1.33 bits per heavy atom. The Hall–Kier alpha value is -2.83.